The van der Waals surface area contributed by atoms with E-state index < -0.39 is 6.10 Å². The van der Waals surface area contributed by atoms with Crippen LogP contribution in [0.1, 0.15) is 22.8 Å². The molecule has 0 amide bonds. The molecule has 1 atom stereocenters. The lowest BCUT2D eigenvalue weighted by Gasteiger charge is -2.21. The minimum absolute atomic E-state index is 0.0593. The summed E-state index contributed by atoms with van der Waals surface area (Å²) in [6.45, 7) is 1.39. The molecular weight excluding hydrogens is 290 g/mol. The van der Waals surface area contributed by atoms with Crippen molar-refractivity contribution in [1.82, 2.24) is 4.90 Å². The molecule has 0 spiro atoms. The van der Waals surface area contributed by atoms with Gasteiger partial charge in [-0.05, 0) is 42.3 Å². The highest BCUT2D eigenvalue weighted by molar-refractivity contribution is 5.38. The van der Waals surface area contributed by atoms with Crippen molar-refractivity contribution in [3.05, 3.63) is 65.2 Å². The Kier molecular flexibility index (Phi) is 6.59. The number of benzene rings is 2. The largest absolute Gasteiger partial charge is 0.496 e. The van der Waals surface area contributed by atoms with Crippen LogP contribution in [0, 0.1) is 0 Å². The van der Waals surface area contributed by atoms with Crippen LogP contribution in [-0.4, -0.2) is 42.4 Å². The summed E-state index contributed by atoms with van der Waals surface area (Å²) in [5.41, 5.74) is 2.98. The van der Waals surface area contributed by atoms with Gasteiger partial charge in [-0.3, -0.25) is 4.90 Å². The number of methoxy groups -OCH3 is 1. The lowest BCUT2D eigenvalue weighted by atomic mass is 10.0. The van der Waals surface area contributed by atoms with Gasteiger partial charge < -0.3 is 14.9 Å². The fourth-order valence-electron chi connectivity index (χ4n) is 2.68. The molecule has 0 saturated heterocycles. The molecule has 0 saturated carbocycles. The Morgan fingerprint density at radius 2 is 1.87 bits per heavy atom. The van der Waals surface area contributed by atoms with Gasteiger partial charge in [0.1, 0.15) is 5.75 Å². The van der Waals surface area contributed by atoms with Gasteiger partial charge in [0.15, 0.2) is 0 Å². The molecule has 124 valence electrons. The Morgan fingerprint density at radius 3 is 2.52 bits per heavy atom. The molecule has 2 rings (SSSR count). The molecule has 0 aliphatic rings. The second kappa shape index (κ2) is 8.67. The highest BCUT2D eigenvalue weighted by atomic mass is 16.5. The molecule has 0 aliphatic carbocycles. The van der Waals surface area contributed by atoms with Crippen molar-refractivity contribution in [1.29, 1.82) is 0 Å². The second-order valence-electron chi connectivity index (χ2n) is 5.74. The Balaban J connectivity index is 2.02. The van der Waals surface area contributed by atoms with Gasteiger partial charge in [-0.1, -0.05) is 36.4 Å². The standard InChI is InChI=1S/C19H25NO3/c1-20(13-15-6-4-3-5-7-15)14-18(22)16-8-9-19(23-2)17(12-16)10-11-21/h3-9,12,18,21-22H,10-11,13-14H2,1-2H3/t18-/m0/s1. The first-order valence-corrected chi connectivity index (χ1v) is 7.82. The first kappa shape index (κ1) is 17.5. The number of nitrogens with zero attached hydrogens (tertiary/aromatic N) is 1. The zero-order chi connectivity index (χ0) is 16.7. The van der Waals surface area contributed by atoms with E-state index in [2.05, 4.69) is 17.0 Å². The van der Waals surface area contributed by atoms with Gasteiger partial charge in [0, 0.05) is 19.7 Å². The average molecular weight is 315 g/mol. The zero-order valence-corrected chi connectivity index (χ0v) is 13.8. The molecule has 4 nitrogen and oxygen atoms in total. The zero-order valence-electron chi connectivity index (χ0n) is 13.8. The predicted octanol–water partition coefficient (Wildman–Crippen LogP) is 2.40. The van der Waals surface area contributed by atoms with Crippen molar-refractivity contribution >= 4 is 0 Å². The number of hydrogen-bond acceptors (Lipinski definition) is 4. The van der Waals surface area contributed by atoms with E-state index in [-0.39, 0.29) is 6.61 Å². The predicted molar refractivity (Wildman–Crippen MR) is 91.5 cm³/mol. The molecule has 0 heterocycles. The molecule has 0 radical (unpaired) electrons. The van der Waals surface area contributed by atoms with Crippen LogP contribution in [0.2, 0.25) is 0 Å². The van der Waals surface area contributed by atoms with Crippen LogP contribution >= 0.6 is 0 Å². The first-order chi connectivity index (χ1) is 11.1. The molecule has 23 heavy (non-hydrogen) atoms. The van der Waals surface area contributed by atoms with Gasteiger partial charge in [-0.15, -0.1) is 0 Å². The van der Waals surface area contributed by atoms with Crippen molar-refractivity contribution in [3.63, 3.8) is 0 Å². The Bertz CT molecular complexity index is 601. The topological polar surface area (TPSA) is 52.9 Å². The van der Waals surface area contributed by atoms with E-state index in [1.54, 1.807) is 7.11 Å². The van der Waals surface area contributed by atoms with E-state index in [1.165, 1.54) is 5.56 Å². The summed E-state index contributed by atoms with van der Waals surface area (Å²) >= 11 is 0. The molecule has 0 aliphatic heterocycles. The second-order valence-corrected chi connectivity index (χ2v) is 5.74. The van der Waals surface area contributed by atoms with E-state index in [0.717, 1.165) is 23.4 Å². The lowest BCUT2D eigenvalue weighted by molar-refractivity contribution is 0.123. The van der Waals surface area contributed by atoms with Crippen molar-refractivity contribution in [2.75, 3.05) is 27.3 Å². The van der Waals surface area contributed by atoms with Crippen molar-refractivity contribution in [3.8, 4) is 5.75 Å². The van der Waals surface area contributed by atoms with Crippen LogP contribution in [0.25, 0.3) is 0 Å². The maximum absolute atomic E-state index is 10.5. The Morgan fingerprint density at radius 1 is 1.13 bits per heavy atom. The normalized spacial score (nSPS) is 12.4. The Hall–Kier alpha value is -1.88. The van der Waals surface area contributed by atoms with E-state index in [9.17, 15) is 5.11 Å². The lowest BCUT2D eigenvalue weighted by Crippen LogP contribution is -2.24. The smallest absolute Gasteiger partial charge is 0.122 e. The van der Waals surface area contributed by atoms with Gasteiger partial charge in [0.25, 0.3) is 0 Å². The molecule has 0 fully saturated rings. The van der Waals surface area contributed by atoms with E-state index >= 15 is 0 Å². The number of aliphatic hydroxyl groups excluding tert-OH is 2. The molecule has 0 bridgehead atoms. The van der Waals surface area contributed by atoms with E-state index in [4.69, 9.17) is 9.84 Å². The third-order valence-electron chi connectivity index (χ3n) is 3.85. The summed E-state index contributed by atoms with van der Waals surface area (Å²) in [5, 5.41) is 19.6. The summed E-state index contributed by atoms with van der Waals surface area (Å²) in [5.74, 6) is 0.743. The van der Waals surface area contributed by atoms with Crippen LogP contribution in [0.3, 0.4) is 0 Å². The van der Waals surface area contributed by atoms with Gasteiger partial charge >= 0.3 is 0 Å². The fourth-order valence-corrected chi connectivity index (χ4v) is 2.68. The van der Waals surface area contributed by atoms with Crippen LogP contribution in [-0.2, 0) is 13.0 Å². The van der Waals surface area contributed by atoms with Crippen LogP contribution in [0.5, 0.6) is 5.75 Å². The van der Waals surface area contributed by atoms with Crippen molar-refractivity contribution < 1.29 is 14.9 Å². The van der Waals surface area contributed by atoms with Gasteiger partial charge in [0.05, 0.1) is 13.2 Å². The SMILES string of the molecule is COc1ccc([C@@H](O)CN(C)Cc2ccccc2)cc1CCO. The fraction of sp³-hybridized carbons (Fsp3) is 0.368. The summed E-state index contributed by atoms with van der Waals surface area (Å²) < 4.78 is 5.29. The molecule has 2 aromatic carbocycles. The summed E-state index contributed by atoms with van der Waals surface area (Å²) in [4.78, 5) is 2.09. The monoisotopic (exact) mass is 315 g/mol. The number of likely N-dealkylation sites (N-methyl/N-ethyl adjacent to an activating group) is 1. The molecule has 0 unspecified atom stereocenters. The quantitative estimate of drug-likeness (QED) is 0.785. The maximum atomic E-state index is 10.5. The number of rotatable bonds is 8. The summed E-state index contributed by atoms with van der Waals surface area (Å²) in [6, 6.07) is 15.8. The molecular formula is C19H25NO3. The summed E-state index contributed by atoms with van der Waals surface area (Å²) in [7, 11) is 3.61. The number of aliphatic hydroxyl groups is 2. The van der Waals surface area contributed by atoms with E-state index in [1.807, 2.05) is 43.4 Å². The minimum Gasteiger partial charge on any atom is -0.496 e. The number of hydrogen-bond donors (Lipinski definition) is 2. The number of ether oxygens (including phenoxy) is 1. The maximum Gasteiger partial charge on any atom is 0.122 e. The Labute approximate surface area is 138 Å². The third-order valence-corrected chi connectivity index (χ3v) is 3.85. The van der Waals surface area contributed by atoms with Gasteiger partial charge in [-0.25, -0.2) is 0 Å². The first-order valence-electron chi connectivity index (χ1n) is 7.82. The average Bonchev–Trinajstić information content (AvgIpc) is 2.56. The summed E-state index contributed by atoms with van der Waals surface area (Å²) in [6.07, 6.45) is -0.0593. The molecule has 0 aromatic heterocycles. The molecule has 2 N–H and O–H groups in total. The highest BCUT2D eigenvalue weighted by Crippen LogP contribution is 2.24. The minimum atomic E-state index is -0.577. The molecule has 2 aromatic rings. The highest BCUT2D eigenvalue weighted by Gasteiger charge is 2.13. The molecule has 4 heteroatoms. The van der Waals surface area contributed by atoms with Crippen molar-refractivity contribution in [2.45, 2.75) is 19.1 Å². The van der Waals surface area contributed by atoms with E-state index in [0.29, 0.717) is 13.0 Å². The van der Waals surface area contributed by atoms with Crippen LogP contribution < -0.4 is 4.74 Å². The van der Waals surface area contributed by atoms with Crippen LogP contribution in [0.4, 0.5) is 0 Å². The van der Waals surface area contributed by atoms with Gasteiger partial charge in [0.2, 0.25) is 0 Å². The third kappa shape index (κ3) is 5.06. The van der Waals surface area contributed by atoms with Crippen LogP contribution in [0.15, 0.2) is 48.5 Å². The van der Waals surface area contributed by atoms with Gasteiger partial charge in [-0.2, -0.15) is 0 Å². The van der Waals surface area contributed by atoms with Crippen molar-refractivity contribution in [2.24, 2.45) is 0 Å².